The SMILES string of the molecule is CC=C(C)C(O)F. The fourth-order valence-corrected chi connectivity index (χ4v) is 0.138. The largest absolute Gasteiger partial charge is 0.361 e. The van der Waals surface area contributed by atoms with Crippen LogP contribution in [0, 0.1) is 0 Å². The summed E-state index contributed by atoms with van der Waals surface area (Å²) in [4.78, 5) is 0. The Morgan fingerprint density at radius 1 is 1.86 bits per heavy atom. The summed E-state index contributed by atoms with van der Waals surface area (Å²) >= 11 is 0. The van der Waals surface area contributed by atoms with E-state index >= 15 is 0 Å². The van der Waals surface area contributed by atoms with Gasteiger partial charge in [-0.25, -0.2) is 4.39 Å². The number of alkyl halides is 1. The zero-order chi connectivity index (χ0) is 5.86. The van der Waals surface area contributed by atoms with Crippen LogP contribution in [-0.2, 0) is 0 Å². The molecule has 7 heavy (non-hydrogen) atoms. The van der Waals surface area contributed by atoms with Gasteiger partial charge in [-0.3, -0.25) is 0 Å². The molecule has 0 bridgehead atoms. The second-order valence-electron chi connectivity index (χ2n) is 1.37. The third kappa shape index (κ3) is 2.34. The van der Waals surface area contributed by atoms with Crippen LogP contribution >= 0.6 is 0 Å². The van der Waals surface area contributed by atoms with E-state index in [0.717, 1.165) is 0 Å². The summed E-state index contributed by atoms with van der Waals surface area (Å²) in [5.41, 5.74) is 0.361. The third-order valence-electron chi connectivity index (χ3n) is 0.831. The average Bonchev–Trinajstić information content (AvgIpc) is 1.65. The van der Waals surface area contributed by atoms with E-state index in [4.69, 9.17) is 5.11 Å². The first kappa shape index (κ1) is 6.63. The van der Waals surface area contributed by atoms with E-state index in [1.165, 1.54) is 13.0 Å². The summed E-state index contributed by atoms with van der Waals surface area (Å²) in [7, 11) is 0. The molecule has 0 heterocycles. The molecule has 42 valence electrons. The molecule has 1 atom stereocenters. The zero-order valence-electron chi connectivity index (χ0n) is 4.48. The average molecular weight is 104 g/mol. The van der Waals surface area contributed by atoms with Gasteiger partial charge < -0.3 is 5.11 Å². The highest BCUT2D eigenvalue weighted by atomic mass is 19.1. The maximum Gasteiger partial charge on any atom is 0.218 e. The van der Waals surface area contributed by atoms with Gasteiger partial charge in [-0.05, 0) is 19.4 Å². The van der Waals surface area contributed by atoms with Crippen LogP contribution in [0.2, 0.25) is 0 Å². The van der Waals surface area contributed by atoms with Crippen molar-refractivity contribution >= 4 is 0 Å². The maximum absolute atomic E-state index is 11.6. The highest BCUT2D eigenvalue weighted by Crippen LogP contribution is 1.99. The highest BCUT2D eigenvalue weighted by molar-refractivity contribution is 4.97. The van der Waals surface area contributed by atoms with E-state index in [9.17, 15) is 4.39 Å². The number of allylic oxidation sites excluding steroid dienone is 1. The van der Waals surface area contributed by atoms with Crippen molar-refractivity contribution in [1.82, 2.24) is 0 Å². The Morgan fingerprint density at radius 3 is 2.29 bits per heavy atom. The molecule has 0 aliphatic heterocycles. The van der Waals surface area contributed by atoms with Gasteiger partial charge in [0.25, 0.3) is 0 Å². The van der Waals surface area contributed by atoms with E-state index in [-0.39, 0.29) is 0 Å². The van der Waals surface area contributed by atoms with Crippen molar-refractivity contribution in [3.05, 3.63) is 11.6 Å². The fraction of sp³-hybridized carbons (Fsp3) is 0.600. The number of aliphatic hydroxyl groups is 1. The first-order valence-corrected chi connectivity index (χ1v) is 2.13. The molecular formula is C5H9FO. The topological polar surface area (TPSA) is 20.2 Å². The van der Waals surface area contributed by atoms with Gasteiger partial charge in [0.15, 0.2) is 0 Å². The number of aliphatic hydroxyl groups excluding tert-OH is 1. The summed E-state index contributed by atoms with van der Waals surface area (Å²) in [5.74, 6) is 0. The molecule has 0 aromatic rings. The van der Waals surface area contributed by atoms with Crippen molar-refractivity contribution < 1.29 is 9.50 Å². The molecule has 0 aromatic heterocycles. The minimum atomic E-state index is -1.77. The Morgan fingerprint density at radius 2 is 2.29 bits per heavy atom. The molecule has 0 amide bonds. The molecule has 0 rings (SSSR count). The number of hydrogen-bond donors (Lipinski definition) is 1. The van der Waals surface area contributed by atoms with E-state index in [1.807, 2.05) is 0 Å². The first-order valence-electron chi connectivity index (χ1n) is 2.13. The lowest BCUT2D eigenvalue weighted by Gasteiger charge is -1.95. The molecular weight excluding hydrogens is 95.1 g/mol. The standard InChI is InChI=1S/C5H9FO/c1-3-4(2)5(6)7/h3,5,7H,1-2H3. The number of rotatable bonds is 1. The van der Waals surface area contributed by atoms with Gasteiger partial charge in [0.05, 0.1) is 0 Å². The van der Waals surface area contributed by atoms with Gasteiger partial charge in [0, 0.05) is 0 Å². The first-order chi connectivity index (χ1) is 3.18. The van der Waals surface area contributed by atoms with Crippen LogP contribution in [0.5, 0.6) is 0 Å². The van der Waals surface area contributed by atoms with E-state index in [1.54, 1.807) is 6.92 Å². The minimum Gasteiger partial charge on any atom is -0.361 e. The molecule has 1 N–H and O–H groups in total. The summed E-state index contributed by atoms with van der Waals surface area (Å²) in [6.45, 7) is 3.21. The normalized spacial score (nSPS) is 16.9. The highest BCUT2D eigenvalue weighted by Gasteiger charge is 1.97. The molecule has 0 saturated carbocycles. The predicted molar refractivity (Wildman–Crippen MR) is 26.5 cm³/mol. The lowest BCUT2D eigenvalue weighted by Crippen LogP contribution is -1.96. The van der Waals surface area contributed by atoms with Crippen LogP contribution in [0.3, 0.4) is 0 Å². The molecule has 2 heteroatoms. The number of halogens is 1. The van der Waals surface area contributed by atoms with Crippen LogP contribution in [0.15, 0.2) is 11.6 Å². The Bertz CT molecular complexity index is 76.1. The summed E-state index contributed by atoms with van der Waals surface area (Å²) < 4.78 is 11.6. The molecule has 0 saturated heterocycles. The summed E-state index contributed by atoms with van der Waals surface area (Å²) in [5, 5.41) is 8.09. The monoisotopic (exact) mass is 104 g/mol. The Kier molecular flexibility index (Phi) is 2.60. The molecule has 0 aliphatic carbocycles. The van der Waals surface area contributed by atoms with Crippen LogP contribution in [0.4, 0.5) is 4.39 Å². The molecule has 0 fully saturated rings. The lowest BCUT2D eigenvalue weighted by atomic mass is 10.3. The molecule has 0 radical (unpaired) electrons. The Labute approximate surface area is 42.5 Å². The van der Waals surface area contributed by atoms with Crippen molar-refractivity contribution in [3.8, 4) is 0 Å². The van der Waals surface area contributed by atoms with Gasteiger partial charge >= 0.3 is 0 Å². The maximum atomic E-state index is 11.6. The van der Waals surface area contributed by atoms with E-state index in [2.05, 4.69) is 0 Å². The van der Waals surface area contributed by atoms with Crippen LogP contribution in [-0.4, -0.2) is 11.5 Å². The molecule has 0 aliphatic rings. The second kappa shape index (κ2) is 2.75. The van der Waals surface area contributed by atoms with Gasteiger partial charge in [-0.2, -0.15) is 0 Å². The Balaban J connectivity index is 3.56. The third-order valence-corrected chi connectivity index (χ3v) is 0.831. The Hall–Kier alpha value is -0.370. The van der Waals surface area contributed by atoms with Crippen molar-refractivity contribution in [1.29, 1.82) is 0 Å². The van der Waals surface area contributed by atoms with Gasteiger partial charge in [0.2, 0.25) is 6.36 Å². The quantitative estimate of drug-likeness (QED) is 0.496. The van der Waals surface area contributed by atoms with Crippen molar-refractivity contribution in [2.45, 2.75) is 20.2 Å². The second-order valence-corrected chi connectivity index (χ2v) is 1.37. The smallest absolute Gasteiger partial charge is 0.218 e. The summed E-state index contributed by atoms with van der Waals surface area (Å²) in [6.07, 6.45) is -0.241. The minimum absolute atomic E-state index is 0.361. The van der Waals surface area contributed by atoms with E-state index in [0.29, 0.717) is 5.57 Å². The zero-order valence-corrected chi connectivity index (χ0v) is 4.48. The van der Waals surface area contributed by atoms with Crippen molar-refractivity contribution in [3.63, 3.8) is 0 Å². The van der Waals surface area contributed by atoms with E-state index < -0.39 is 6.36 Å². The predicted octanol–water partition coefficient (Wildman–Crippen LogP) is 1.24. The van der Waals surface area contributed by atoms with Gasteiger partial charge in [0.1, 0.15) is 0 Å². The molecule has 1 unspecified atom stereocenters. The lowest BCUT2D eigenvalue weighted by molar-refractivity contribution is 0.0767. The van der Waals surface area contributed by atoms with Crippen molar-refractivity contribution in [2.24, 2.45) is 0 Å². The summed E-state index contributed by atoms with van der Waals surface area (Å²) in [6, 6.07) is 0. The van der Waals surface area contributed by atoms with Crippen LogP contribution in [0.25, 0.3) is 0 Å². The van der Waals surface area contributed by atoms with Crippen LogP contribution < -0.4 is 0 Å². The fourth-order valence-electron chi connectivity index (χ4n) is 0.138. The van der Waals surface area contributed by atoms with Gasteiger partial charge in [-0.1, -0.05) is 6.08 Å². The molecule has 1 nitrogen and oxygen atoms in total. The molecule has 0 aromatic carbocycles. The molecule has 0 spiro atoms. The van der Waals surface area contributed by atoms with Gasteiger partial charge in [-0.15, -0.1) is 0 Å². The van der Waals surface area contributed by atoms with Crippen LogP contribution in [0.1, 0.15) is 13.8 Å². The van der Waals surface area contributed by atoms with Crippen molar-refractivity contribution in [2.75, 3.05) is 0 Å². The number of hydrogen-bond acceptors (Lipinski definition) is 1.